The van der Waals surface area contributed by atoms with Crippen LogP contribution in [0.4, 0.5) is 11.5 Å². The first kappa shape index (κ1) is 21.2. The van der Waals surface area contributed by atoms with Gasteiger partial charge in [-0.25, -0.2) is 4.98 Å². The van der Waals surface area contributed by atoms with Crippen LogP contribution in [0.15, 0.2) is 79.1 Å². The predicted molar refractivity (Wildman–Crippen MR) is 133 cm³/mol. The zero-order valence-electron chi connectivity index (χ0n) is 18.9. The summed E-state index contributed by atoms with van der Waals surface area (Å²) in [5, 5.41) is 13.2. The first-order chi connectivity index (χ1) is 16.6. The number of amides is 1. The summed E-state index contributed by atoms with van der Waals surface area (Å²) in [6, 6.07) is 23.4. The van der Waals surface area contributed by atoms with Crippen LogP contribution in [-0.4, -0.2) is 27.3 Å². The number of nitrogens with one attached hydrogen (secondary N) is 1. The number of nitriles is 1. The molecule has 7 heteroatoms. The van der Waals surface area contributed by atoms with Gasteiger partial charge in [-0.2, -0.15) is 5.26 Å². The van der Waals surface area contributed by atoms with Crippen LogP contribution in [-0.2, 0) is 6.54 Å². The van der Waals surface area contributed by atoms with E-state index in [1.165, 1.54) is 0 Å². The van der Waals surface area contributed by atoms with E-state index in [4.69, 9.17) is 4.98 Å². The van der Waals surface area contributed by atoms with Crippen molar-refractivity contribution in [3.05, 3.63) is 101 Å². The van der Waals surface area contributed by atoms with Crippen LogP contribution < -0.4 is 10.2 Å². The molecule has 5 rings (SSSR count). The number of rotatable bonds is 5. The monoisotopic (exact) mass is 446 g/mol. The molecule has 3 heterocycles. The van der Waals surface area contributed by atoms with Crippen molar-refractivity contribution < 1.29 is 4.79 Å². The van der Waals surface area contributed by atoms with Crippen LogP contribution in [0, 0.1) is 18.3 Å². The smallest absolute Gasteiger partial charge is 0.258 e. The SMILES string of the molecule is Cc1cc(NCc2ccc(N(C)C(=O)c3ccncc3)cc2)n2c(nc3ccccc32)c1C#N. The minimum absolute atomic E-state index is 0.0873. The number of benzene rings is 2. The highest BCUT2D eigenvalue weighted by Gasteiger charge is 2.16. The largest absolute Gasteiger partial charge is 0.367 e. The molecule has 1 amide bonds. The Hall–Kier alpha value is -4.70. The van der Waals surface area contributed by atoms with Crippen LogP contribution in [0.2, 0.25) is 0 Å². The van der Waals surface area contributed by atoms with Gasteiger partial charge in [-0.05, 0) is 60.5 Å². The number of hydrogen-bond donors (Lipinski definition) is 1. The molecule has 0 radical (unpaired) electrons. The van der Waals surface area contributed by atoms with E-state index in [0.717, 1.165) is 33.7 Å². The number of hydrogen-bond acceptors (Lipinski definition) is 5. The molecule has 1 N–H and O–H groups in total. The van der Waals surface area contributed by atoms with Gasteiger partial charge in [-0.15, -0.1) is 0 Å². The van der Waals surface area contributed by atoms with Crippen molar-refractivity contribution in [2.24, 2.45) is 0 Å². The van der Waals surface area contributed by atoms with Gasteiger partial charge >= 0.3 is 0 Å². The van der Waals surface area contributed by atoms with E-state index in [1.54, 1.807) is 36.5 Å². The zero-order valence-corrected chi connectivity index (χ0v) is 18.9. The first-order valence-corrected chi connectivity index (χ1v) is 10.9. The normalized spacial score (nSPS) is 10.9. The summed E-state index contributed by atoms with van der Waals surface area (Å²) >= 11 is 0. The summed E-state index contributed by atoms with van der Waals surface area (Å²) in [4.78, 5) is 23.0. The Balaban J connectivity index is 1.40. The van der Waals surface area contributed by atoms with Gasteiger partial charge in [0.05, 0.1) is 16.6 Å². The Morgan fingerprint density at radius 1 is 1.09 bits per heavy atom. The number of pyridine rings is 2. The quantitative estimate of drug-likeness (QED) is 0.413. The van der Waals surface area contributed by atoms with E-state index < -0.39 is 0 Å². The highest BCUT2D eigenvalue weighted by atomic mass is 16.2. The molecule has 7 nitrogen and oxygen atoms in total. The van der Waals surface area contributed by atoms with Crippen molar-refractivity contribution in [3.63, 3.8) is 0 Å². The molecule has 0 fully saturated rings. The highest BCUT2D eigenvalue weighted by Crippen LogP contribution is 2.27. The lowest BCUT2D eigenvalue weighted by Crippen LogP contribution is -2.26. The maximum Gasteiger partial charge on any atom is 0.258 e. The number of aromatic nitrogens is 3. The second-order valence-corrected chi connectivity index (χ2v) is 8.08. The molecule has 2 aromatic carbocycles. The summed E-state index contributed by atoms with van der Waals surface area (Å²) in [6.07, 6.45) is 3.22. The molecule has 3 aromatic heterocycles. The van der Waals surface area contributed by atoms with Crippen LogP contribution in [0.5, 0.6) is 0 Å². The molecule has 0 bridgehead atoms. The minimum Gasteiger partial charge on any atom is -0.367 e. The molecule has 0 spiro atoms. The van der Waals surface area contributed by atoms with Gasteiger partial charge in [0, 0.05) is 37.2 Å². The Kier molecular flexibility index (Phi) is 5.40. The van der Waals surface area contributed by atoms with Crippen molar-refractivity contribution in [2.75, 3.05) is 17.3 Å². The third-order valence-electron chi connectivity index (χ3n) is 5.91. The average molecular weight is 447 g/mol. The summed E-state index contributed by atoms with van der Waals surface area (Å²) in [7, 11) is 1.76. The fraction of sp³-hybridized carbons (Fsp3) is 0.111. The molecule has 0 aliphatic rings. The number of anilines is 2. The maximum absolute atomic E-state index is 12.7. The standard InChI is InChI=1S/C27H22N6O/c1-18-15-25(33-24-6-4-3-5-23(24)31-26(33)22(18)16-28)30-17-19-7-9-21(10-8-19)32(2)27(34)20-11-13-29-14-12-20/h3-15,30H,17H2,1-2H3. The van der Waals surface area contributed by atoms with Crippen LogP contribution in [0.25, 0.3) is 16.7 Å². The Morgan fingerprint density at radius 3 is 2.56 bits per heavy atom. The van der Waals surface area contributed by atoms with Crippen LogP contribution in [0.1, 0.15) is 27.0 Å². The zero-order chi connectivity index (χ0) is 23.7. The molecular weight excluding hydrogens is 424 g/mol. The van der Waals surface area contributed by atoms with Crippen LogP contribution >= 0.6 is 0 Å². The minimum atomic E-state index is -0.0873. The summed E-state index contributed by atoms with van der Waals surface area (Å²) in [5.41, 5.74) is 6.36. The fourth-order valence-corrected chi connectivity index (χ4v) is 4.06. The number of carbonyl (C=O) groups is 1. The van der Waals surface area contributed by atoms with Gasteiger partial charge < -0.3 is 10.2 Å². The summed E-state index contributed by atoms with van der Waals surface area (Å²) < 4.78 is 2.00. The Bertz CT molecular complexity index is 1550. The summed E-state index contributed by atoms with van der Waals surface area (Å²) in [6.45, 7) is 2.50. The van der Waals surface area contributed by atoms with E-state index in [1.807, 2.05) is 65.9 Å². The molecule has 0 aliphatic carbocycles. The second-order valence-electron chi connectivity index (χ2n) is 8.08. The van der Waals surface area contributed by atoms with E-state index in [-0.39, 0.29) is 5.91 Å². The predicted octanol–water partition coefficient (Wildman–Crippen LogP) is 4.95. The number of para-hydroxylation sites is 2. The van der Waals surface area contributed by atoms with Gasteiger partial charge in [-0.1, -0.05) is 24.3 Å². The molecule has 166 valence electrons. The Morgan fingerprint density at radius 2 is 1.82 bits per heavy atom. The van der Waals surface area contributed by atoms with Crippen molar-refractivity contribution in [1.29, 1.82) is 5.26 Å². The third kappa shape index (κ3) is 3.71. The van der Waals surface area contributed by atoms with Gasteiger partial charge in [0.2, 0.25) is 0 Å². The molecule has 0 atom stereocenters. The van der Waals surface area contributed by atoms with Crippen molar-refractivity contribution in [2.45, 2.75) is 13.5 Å². The molecule has 34 heavy (non-hydrogen) atoms. The van der Waals surface area contributed by atoms with E-state index in [0.29, 0.717) is 23.3 Å². The third-order valence-corrected chi connectivity index (χ3v) is 5.91. The average Bonchev–Trinajstić information content (AvgIpc) is 3.27. The van der Waals surface area contributed by atoms with E-state index in [2.05, 4.69) is 16.4 Å². The highest BCUT2D eigenvalue weighted by molar-refractivity contribution is 6.05. The molecule has 0 saturated heterocycles. The van der Waals surface area contributed by atoms with Crippen molar-refractivity contribution in [1.82, 2.24) is 14.4 Å². The number of nitrogens with zero attached hydrogens (tertiary/aromatic N) is 5. The lowest BCUT2D eigenvalue weighted by atomic mass is 10.1. The van der Waals surface area contributed by atoms with Gasteiger partial charge in [-0.3, -0.25) is 14.2 Å². The van der Waals surface area contributed by atoms with E-state index in [9.17, 15) is 10.1 Å². The van der Waals surface area contributed by atoms with Crippen molar-refractivity contribution >= 4 is 34.1 Å². The topological polar surface area (TPSA) is 86.3 Å². The van der Waals surface area contributed by atoms with Gasteiger partial charge in [0.25, 0.3) is 5.91 Å². The van der Waals surface area contributed by atoms with Crippen molar-refractivity contribution in [3.8, 4) is 6.07 Å². The molecule has 0 unspecified atom stereocenters. The Labute approximate surface area is 196 Å². The number of aryl methyl sites for hydroxylation is 1. The maximum atomic E-state index is 12.7. The first-order valence-electron chi connectivity index (χ1n) is 10.9. The lowest BCUT2D eigenvalue weighted by molar-refractivity contribution is 0.0993. The van der Waals surface area contributed by atoms with Crippen LogP contribution in [0.3, 0.4) is 0 Å². The molecular formula is C27H22N6O. The molecule has 0 saturated carbocycles. The number of carbonyl (C=O) groups excluding carboxylic acids is 1. The van der Waals surface area contributed by atoms with E-state index >= 15 is 0 Å². The lowest BCUT2D eigenvalue weighted by Gasteiger charge is -2.18. The molecule has 0 aliphatic heterocycles. The van der Waals surface area contributed by atoms with Gasteiger partial charge in [0.15, 0.2) is 5.65 Å². The number of fused-ring (bicyclic) bond motifs is 3. The van der Waals surface area contributed by atoms with Gasteiger partial charge in [0.1, 0.15) is 11.9 Å². The second kappa shape index (κ2) is 8.68. The fourth-order valence-electron chi connectivity index (χ4n) is 4.06. The summed E-state index contributed by atoms with van der Waals surface area (Å²) in [5.74, 6) is 0.782. The number of imidazole rings is 1. The molecule has 5 aromatic rings.